The van der Waals surface area contributed by atoms with E-state index in [1.54, 1.807) is 30.7 Å². The van der Waals surface area contributed by atoms with Crippen molar-refractivity contribution in [2.24, 2.45) is 10.9 Å². The molecule has 1 fully saturated rings. The third-order valence-corrected chi connectivity index (χ3v) is 7.15. The standard InChI is InChI=1S/C28H32F3N5O4/c1-17-6-4-5-7-18(17)12-24(37)32-21-13-20(28(29,30)31)14-22(15-21)33-26(38)34-25-16-36(35-40-25)23-10-8-19(9-11-23)27(2,3)39/h4-7,13-16,19,23,39H,8-12H2,1-3H3,(H2-,32,33,34,35,37,38). The van der Waals surface area contributed by atoms with Gasteiger partial charge < -0.3 is 15.5 Å². The summed E-state index contributed by atoms with van der Waals surface area (Å²) in [4.78, 5) is 16.4. The van der Waals surface area contributed by atoms with Gasteiger partial charge in [-0.2, -0.15) is 13.2 Å². The van der Waals surface area contributed by atoms with E-state index in [0.29, 0.717) is 0 Å². The Bertz CT molecular complexity index is 1370. The molecule has 0 saturated heterocycles. The average Bonchev–Trinajstić information content (AvgIpc) is 3.32. The van der Waals surface area contributed by atoms with Crippen molar-refractivity contribution >= 4 is 29.2 Å². The predicted molar refractivity (Wildman–Crippen MR) is 140 cm³/mol. The SMILES string of the molecule is Cc1ccccc1CC([O-])=Nc1cc(NC(=O)Nc2c[n+](C3CCC(C(C)(C)O)CC3)no2)cc(C(F)(F)F)c1. The maximum absolute atomic E-state index is 13.5. The van der Waals surface area contributed by atoms with Crippen LogP contribution in [0.1, 0.15) is 62.3 Å². The molecular weight excluding hydrogens is 527 g/mol. The van der Waals surface area contributed by atoms with Gasteiger partial charge in [-0.25, -0.2) is 4.79 Å². The zero-order valence-electron chi connectivity index (χ0n) is 22.5. The molecule has 1 saturated carbocycles. The van der Waals surface area contributed by atoms with Gasteiger partial charge in [0.1, 0.15) is 0 Å². The fourth-order valence-electron chi connectivity index (χ4n) is 4.87. The molecule has 1 aromatic heterocycles. The van der Waals surface area contributed by atoms with E-state index >= 15 is 0 Å². The molecular formula is C28H32F3N5O4. The summed E-state index contributed by atoms with van der Waals surface area (Å²) in [7, 11) is 0. The van der Waals surface area contributed by atoms with E-state index in [0.717, 1.165) is 48.9 Å². The molecule has 0 radical (unpaired) electrons. The Balaban J connectivity index is 1.44. The van der Waals surface area contributed by atoms with Crippen molar-refractivity contribution in [1.82, 2.24) is 5.27 Å². The Kier molecular flexibility index (Phi) is 8.48. The number of hydrogen-bond donors (Lipinski definition) is 3. The molecule has 4 rings (SSSR count). The number of urea groups is 1. The van der Waals surface area contributed by atoms with Crippen LogP contribution in [0, 0.1) is 12.8 Å². The first-order valence-electron chi connectivity index (χ1n) is 13.0. The zero-order chi connectivity index (χ0) is 29.1. The molecule has 1 aliphatic carbocycles. The van der Waals surface area contributed by atoms with E-state index < -0.39 is 29.3 Å². The van der Waals surface area contributed by atoms with Crippen LogP contribution in [0.2, 0.25) is 0 Å². The van der Waals surface area contributed by atoms with Gasteiger partial charge >= 0.3 is 18.1 Å². The molecule has 12 heteroatoms. The Morgan fingerprint density at radius 1 is 1.15 bits per heavy atom. The number of aryl methyl sites for hydroxylation is 1. The summed E-state index contributed by atoms with van der Waals surface area (Å²) in [5.74, 6) is -0.430. The summed E-state index contributed by atoms with van der Waals surface area (Å²) in [5.41, 5.74) is -0.670. The van der Waals surface area contributed by atoms with Crippen molar-refractivity contribution in [2.75, 3.05) is 10.6 Å². The highest BCUT2D eigenvalue weighted by molar-refractivity contribution is 5.99. The lowest BCUT2D eigenvalue weighted by atomic mass is 9.77. The molecule has 1 heterocycles. The number of nitrogens with one attached hydrogen (secondary N) is 2. The Morgan fingerprint density at radius 3 is 2.50 bits per heavy atom. The first-order valence-corrected chi connectivity index (χ1v) is 13.0. The lowest BCUT2D eigenvalue weighted by molar-refractivity contribution is -0.787. The summed E-state index contributed by atoms with van der Waals surface area (Å²) in [6.07, 6.45) is -0.116. The topological polar surface area (TPSA) is 127 Å². The number of aromatic nitrogens is 2. The maximum atomic E-state index is 13.5. The van der Waals surface area contributed by atoms with Crippen LogP contribution in [0.5, 0.6) is 0 Å². The molecule has 214 valence electrons. The normalized spacial score (nSPS) is 18.4. The van der Waals surface area contributed by atoms with E-state index in [4.69, 9.17) is 4.52 Å². The van der Waals surface area contributed by atoms with Crippen LogP contribution >= 0.6 is 0 Å². The number of aliphatic imine (C=N–C) groups is 1. The number of carbonyl (C=O) groups is 1. The number of anilines is 2. The molecule has 0 unspecified atom stereocenters. The van der Waals surface area contributed by atoms with Gasteiger partial charge in [-0.05, 0) is 79.4 Å². The second-order valence-corrected chi connectivity index (χ2v) is 10.7. The van der Waals surface area contributed by atoms with E-state index in [1.165, 1.54) is 12.3 Å². The van der Waals surface area contributed by atoms with E-state index in [1.807, 2.05) is 19.1 Å². The van der Waals surface area contributed by atoms with Gasteiger partial charge in [0.15, 0.2) is 6.04 Å². The van der Waals surface area contributed by atoms with Crippen LogP contribution in [-0.2, 0) is 12.6 Å². The first kappa shape index (κ1) is 29.1. The summed E-state index contributed by atoms with van der Waals surface area (Å²) < 4.78 is 47.4. The second-order valence-electron chi connectivity index (χ2n) is 10.7. The monoisotopic (exact) mass is 559 g/mol. The first-order chi connectivity index (χ1) is 18.8. The number of benzene rings is 2. The lowest BCUT2D eigenvalue weighted by Gasteiger charge is -2.33. The summed E-state index contributed by atoms with van der Waals surface area (Å²) in [6, 6.07) is 9.03. The third kappa shape index (κ3) is 7.59. The molecule has 0 aliphatic heterocycles. The minimum Gasteiger partial charge on any atom is -0.861 e. The van der Waals surface area contributed by atoms with Crippen LogP contribution in [0.15, 0.2) is 58.2 Å². The van der Waals surface area contributed by atoms with Gasteiger partial charge in [0.25, 0.3) is 6.20 Å². The number of rotatable bonds is 7. The van der Waals surface area contributed by atoms with Crippen LogP contribution in [-0.4, -0.2) is 27.9 Å². The number of amides is 2. The molecule has 3 aromatic rings. The largest absolute Gasteiger partial charge is 0.861 e. The third-order valence-electron chi connectivity index (χ3n) is 7.15. The summed E-state index contributed by atoms with van der Waals surface area (Å²) in [6.45, 7) is 5.42. The molecule has 0 atom stereocenters. The number of hydrogen-bond acceptors (Lipinski definition) is 6. The Morgan fingerprint density at radius 2 is 1.85 bits per heavy atom. The molecule has 0 spiro atoms. The van der Waals surface area contributed by atoms with Gasteiger partial charge in [0.2, 0.25) is 5.27 Å². The van der Waals surface area contributed by atoms with Crippen molar-refractivity contribution in [1.29, 1.82) is 0 Å². The molecule has 2 aromatic carbocycles. The number of halogens is 3. The quantitative estimate of drug-likeness (QED) is 0.212. The highest BCUT2D eigenvalue weighted by Crippen LogP contribution is 2.36. The number of aliphatic hydroxyl groups is 1. The Hall–Kier alpha value is -3.93. The van der Waals surface area contributed by atoms with Crippen LogP contribution in [0.4, 0.5) is 35.2 Å². The summed E-state index contributed by atoms with van der Waals surface area (Å²) >= 11 is 0. The number of alkyl halides is 3. The van der Waals surface area contributed by atoms with E-state index in [9.17, 15) is 28.2 Å². The fraction of sp³-hybridized carbons (Fsp3) is 0.429. The minimum absolute atomic E-state index is 0.00686. The van der Waals surface area contributed by atoms with Gasteiger partial charge in [0.05, 0.1) is 16.9 Å². The van der Waals surface area contributed by atoms with Gasteiger partial charge in [-0.3, -0.25) is 14.8 Å². The van der Waals surface area contributed by atoms with E-state index in [-0.39, 0.29) is 35.6 Å². The van der Waals surface area contributed by atoms with E-state index in [2.05, 4.69) is 20.9 Å². The molecule has 40 heavy (non-hydrogen) atoms. The molecule has 0 bridgehead atoms. The van der Waals surface area contributed by atoms with Gasteiger partial charge in [-0.15, -0.1) is 0 Å². The molecule has 1 aliphatic rings. The van der Waals surface area contributed by atoms with Crippen LogP contribution in [0.25, 0.3) is 0 Å². The highest BCUT2D eigenvalue weighted by atomic mass is 19.4. The minimum atomic E-state index is -4.72. The second kappa shape index (κ2) is 11.7. The van der Waals surface area contributed by atoms with Crippen molar-refractivity contribution in [3.05, 3.63) is 65.4 Å². The Labute approximate surface area is 229 Å². The lowest BCUT2D eigenvalue weighted by Crippen LogP contribution is -2.44. The van der Waals surface area contributed by atoms with Crippen LogP contribution in [0.3, 0.4) is 0 Å². The highest BCUT2D eigenvalue weighted by Gasteiger charge is 2.36. The van der Waals surface area contributed by atoms with Crippen molar-refractivity contribution in [3.8, 4) is 0 Å². The summed E-state index contributed by atoms with van der Waals surface area (Å²) in [5, 5.41) is 31.4. The van der Waals surface area contributed by atoms with Crippen molar-refractivity contribution in [2.45, 2.75) is 70.7 Å². The number of nitrogens with zero attached hydrogens (tertiary/aromatic N) is 3. The molecule has 2 amide bonds. The predicted octanol–water partition coefficient (Wildman–Crippen LogP) is 5.07. The zero-order valence-corrected chi connectivity index (χ0v) is 22.5. The average molecular weight is 560 g/mol. The fourth-order valence-corrected chi connectivity index (χ4v) is 4.87. The van der Waals surface area contributed by atoms with Crippen LogP contribution < -0.4 is 20.4 Å². The van der Waals surface area contributed by atoms with Gasteiger partial charge in [-0.1, -0.05) is 24.3 Å². The van der Waals surface area contributed by atoms with Gasteiger partial charge in [0, 0.05) is 24.9 Å². The maximum Gasteiger partial charge on any atom is 0.416 e. The molecule has 3 N–H and O–H groups in total. The smallest absolute Gasteiger partial charge is 0.416 e. The van der Waals surface area contributed by atoms with Crippen molar-refractivity contribution in [3.63, 3.8) is 0 Å². The number of carbonyl (C=O) groups excluding carboxylic acids is 1. The van der Waals surface area contributed by atoms with Crippen molar-refractivity contribution < 1.29 is 37.4 Å². The molecule has 9 nitrogen and oxygen atoms in total.